The van der Waals surface area contributed by atoms with E-state index in [1.807, 2.05) is 19.1 Å². The lowest BCUT2D eigenvalue weighted by atomic mass is 10.1. The van der Waals surface area contributed by atoms with E-state index < -0.39 is 10.0 Å². The lowest BCUT2D eigenvalue weighted by Gasteiger charge is -2.09. The number of aryl methyl sites for hydroxylation is 1. The van der Waals surface area contributed by atoms with Crippen LogP contribution in [-0.2, 0) is 10.0 Å². The number of rotatable bonds is 3. The van der Waals surface area contributed by atoms with Crippen LogP contribution in [0, 0.1) is 6.92 Å². The largest absolute Gasteiger partial charge is 0.271 e. The van der Waals surface area contributed by atoms with Crippen molar-refractivity contribution >= 4 is 21.6 Å². The van der Waals surface area contributed by atoms with E-state index >= 15 is 0 Å². The molecule has 0 unspecified atom stereocenters. The molecule has 0 aliphatic rings. The Balaban J connectivity index is 2.08. The minimum atomic E-state index is -3.79. The zero-order valence-corrected chi connectivity index (χ0v) is 14.8. The summed E-state index contributed by atoms with van der Waals surface area (Å²) in [7, 11) is -3.79. The van der Waals surface area contributed by atoms with E-state index in [0.29, 0.717) is 16.4 Å². The molecule has 128 valence electrons. The van der Waals surface area contributed by atoms with Gasteiger partial charge in [0, 0.05) is 16.7 Å². The Bertz CT molecular complexity index is 1110. The van der Waals surface area contributed by atoms with Crippen molar-refractivity contribution < 1.29 is 8.42 Å². The van der Waals surface area contributed by atoms with E-state index in [1.165, 1.54) is 35.0 Å². The Kier molecular flexibility index (Phi) is 4.47. The normalized spacial score (nSPS) is 11.5. The number of nitrogens with zero attached hydrogens (tertiary/aromatic N) is 2. The van der Waals surface area contributed by atoms with Crippen LogP contribution in [0.4, 0.5) is 0 Å². The highest BCUT2D eigenvalue weighted by atomic mass is 35.5. The van der Waals surface area contributed by atoms with Gasteiger partial charge >= 0.3 is 0 Å². The first kappa shape index (κ1) is 17.3. The fraction of sp³-hybridized carbons (Fsp3) is 0.0588. The molecule has 1 heterocycles. The molecular formula is C17H14ClN3O3S. The van der Waals surface area contributed by atoms with Gasteiger partial charge in [0.1, 0.15) is 0 Å². The van der Waals surface area contributed by atoms with Gasteiger partial charge in [0.05, 0.1) is 16.3 Å². The molecule has 0 bridgehead atoms. The van der Waals surface area contributed by atoms with Crippen molar-refractivity contribution in [3.8, 4) is 16.9 Å². The van der Waals surface area contributed by atoms with Gasteiger partial charge in [0.25, 0.3) is 5.56 Å². The highest BCUT2D eigenvalue weighted by Gasteiger charge is 2.10. The van der Waals surface area contributed by atoms with E-state index in [4.69, 9.17) is 16.7 Å². The quantitative estimate of drug-likeness (QED) is 0.760. The molecule has 0 saturated carbocycles. The second-order valence-corrected chi connectivity index (χ2v) is 7.44. The van der Waals surface area contributed by atoms with E-state index in [1.54, 1.807) is 12.1 Å². The Labute approximate surface area is 149 Å². The molecule has 3 aromatic rings. The zero-order valence-electron chi connectivity index (χ0n) is 13.2. The highest BCUT2D eigenvalue weighted by molar-refractivity contribution is 7.89. The van der Waals surface area contributed by atoms with Crippen LogP contribution < -0.4 is 10.7 Å². The average molecular weight is 376 g/mol. The molecule has 2 N–H and O–H groups in total. The third-order valence-corrected chi connectivity index (χ3v) is 5.02. The summed E-state index contributed by atoms with van der Waals surface area (Å²) in [5, 5.41) is 10.1. The van der Waals surface area contributed by atoms with Crippen molar-refractivity contribution in [1.29, 1.82) is 0 Å². The number of primary sulfonamides is 1. The van der Waals surface area contributed by atoms with Gasteiger partial charge in [-0.1, -0.05) is 17.7 Å². The molecule has 0 spiro atoms. The second-order valence-electron chi connectivity index (χ2n) is 5.47. The highest BCUT2D eigenvalue weighted by Crippen LogP contribution is 2.23. The first-order valence-corrected chi connectivity index (χ1v) is 9.18. The van der Waals surface area contributed by atoms with E-state index in [-0.39, 0.29) is 10.5 Å². The summed E-state index contributed by atoms with van der Waals surface area (Å²) in [6.45, 7) is 1.88. The summed E-state index contributed by atoms with van der Waals surface area (Å²) in [4.78, 5) is 12.1. The maximum atomic E-state index is 12.1. The molecule has 0 radical (unpaired) electrons. The summed E-state index contributed by atoms with van der Waals surface area (Å²) in [6.07, 6.45) is 0. The number of nitrogens with two attached hydrogens (primary N) is 1. The fourth-order valence-electron chi connectivity index (χ4n) is 2.33. The number of sulfonamides is 1. The molecule has 0 aliphatic heterocycles. The van der Waals surface area contributed by atoms with Crippen LogP contribution in [0.15, 0.2) is 64.3 Å². The second kappa shape index (κ2) is 6.44. The molecule has 2 aromatic carbocycles. The lowest BCUT2D eigenvalue weighted by molar-refractivity contribution is 0.597. The number of hydrogen-bond acceptors (Lipinski definition) is 4. The molecule has 8 heteroatoms. The molecule has 0 saturated heterocycles. The molecule has 6 nitrogen and oxygen atoms in total. The average Bonchev–Trinajstić information content (AvgIpc) is 2.57. The molecular weight excluding hydrogens is 362 g/mol. The summed E-state index contributed by atoms with van der Waals surface area (Å²) in [5.41, 5.74) is 2.41. The lowest BCUT2D eigenvalue weighted by Crippen LogP contribution is -2.20. The third kappa shape index (κ3) is 3.63. The van der Waals surface area contributed by atoms with E-state index in [9.17, 15) is 13.2 Å². The van der Waals surface area contributed by atoms with Crippen molar-refractivity contribution in [2.45, 2.75) is 11.8 Å². The van der Waals surface area contributed by atoms with Crippen LogP contribution in [0.3, 0.4) is 0 Å². The van der Waals surface area contributed by atoms with Crippen LogP contribution in [0.2, 0.25) is 5.02 Å². The van der Waals surface area contributed by atoms with Crippen LogP contribution in [0.5, 0.6) is 0 Å². The fourth-order valence-corrected chi connectivity index (χ4v) is 2.96. The maximum absolute atomic E-state index is 12.1. The van der Waals surface area contributed by atoms with Gasteiger partial charge in [0.2, 0.25) is 10.0 Å². The topological polar surface area (TPSA) is 95.0 Å². The summed E-state index contributed by atoms with van der Waals surface area (Å²) in [5.74, 6) is 0. The molecule has 1 aromatic heterocycles. The molecule has 0 fully saturated rings. The summed E-state index contributed by atoms with van der Waals surface area (Å²) < 4.78 is 23.9. The Morgan fingerprint density at radius 2 is 1.72 bits per heavy atom. The van der Waals surface area contributed by atoms with Gasteiger partial charge in [-0.05, 0) is 55.0 Å². The third-order valence-electron chi connectivity index (χ3n) is 3.66. The van der Waals surface area contributed by atoms with Gasteiger partial charge in [-0.25, -0.2) is 13.6 Å². The standard InChI is InChI=1S/C17H14ClN3O3S/c1-11-10-12(2-7-15(11)18)16-8-9-17(22)21(20-16)13-3-5-14(6-4-13)25(19,23)24/h2-10H,1H3,(H2,19,23,24). The monoisotopic (exact) mass is 375 g/mol. The Morgan fingerprint density at radius 3 is 2.32 bits per heavy atom. The zero-order chi connectivity index (χ0) is 18.2. The molecule has 0 amide bonds. The van der Waals surface area contributed by atoms with Gasteiger partial charge in [-0.2, -0.15) is 9.78 Å². The molecule has 3 rings (SSSR count). The van der Waals surface area contributed by atoms with Crippen molar-refractivity contribution in [2.24, 2.45) is 5.14 Å². The maximum Gasteiger partial charge on any atom is 0.271 e. The SMILES string of the molecule is Cc1cc(-c2ccc(=O)n(-c3ccc(S(N)(=O)=O)cc3)n2)ccc1Cl. The smallest absolute Gasteiger partial charge is 0.267 e. The summed E-state index contributed by atoms with van der Waals surface area (Å²) >= 11 is 6.04. The van der Waals surface area contributed by atoms with Gasteiger partial charge in [-0.3, -0.25) is 4.79 Å². The van der Waals surface area contributed by atoms with Crippen LogP contribution in [0.25, 0.3) is 16.9 Å². The predicted molar refractivity (Wildman–Crippen MR) is 96.4 cm³/mol. The first-order chi connectivity index (χ1) is 11.8. The first-order valence-electron chi connectivity index (χ1n) is 7.26. The number of benzene rings is 2. The van der Waals surface area contributed by atoms with Crippen molar-refractivity contribution in [3.63, 3.8) is 0 Å². The van der Waals surface area contributed by atoms with Gasteiger partial charge < -0.3 is 0 Å². The van der Waals surface area contributed by atoms with Crippen LogP contribution in [-0.4, -0.2) is 18.2 Å². The van der Waals surface area contributed by atoms with Gasteiger partial charge in [-0.15, -0.1) is 0 Å². The van der Waals surface area contributed by atoms with Gasteiger partial charge in [0.15, 0.2) is 0 Å². The predicted octanol–water partition coefficient (Wildman–Crippen LogP) is 2.51. The van der Waals surface area contributed by atoms with Crippen molar-refractivity contribution in [3.05, 3.63) is 75.5 Å². The number of halogens is 1. The molecule has 25 heavy (non-hydrogen) atoms. The minimum Gasteiger partial charge on any atom is -0.267 e. The Hall–Kier alpha value is -2.48. The number of aromatic nitrogens is 2. The van der Waals surface area contributed by atoms with Crippen molar-refractivity contribution in [2.75, 3.05) is 0 Å². The molecule has 0 aliphatic carbocycles. The summed E-state index contributed by atoms with van der Waals surface area (Å²) in [6, 6.07) is 14.1. The number of hydrogen-bond donors (Lipinski definition) is 1. The van der Waals surface area contributed by atoms with E-state index in [2.05, 4.69) is 5.10 Å². The van der Waals surface area contributed by atoms with Crippen LogP contribution >= 0.6 is 11.6 Å². The van der Waals surface area contributed by atoms with Crippen molar-refractivity contribution in [1.82, 2.24) is 9.78 Å². The minimum absolute atomic E-state index is 0.0335. The van der Waals surface area contributed by atoms with Crippen LogP contribution in [0.1, 0.15) is 5.56 Å². The Morgan fingerprint density at radius 1 is 1.04 bits per heavy atom. The molecule has 0 atom stereocenters. The van der Waals surface area contributed by atoms with E-state index in [0.717, 1.165) is 11.1 Å².